The van der Waals surface area contributed by atoms with Gasteiger partial charge in [-0.05, 0) is 23.2 Å². The van der Waals surface area contributed by atoms with Crippen molar-refractivity contribution in [1.82, 2.24) is 0 Å². The van der Waals surface area contributed by atoms with Crippen LogP contribution in [0.2, 0.25) is 0 Å². The highest BCUT2D eigenvalue weighted by Crippen LogP contribution is 2.20. The van der Waals surface area contributed by atoms with Crippen molar-refractivity contribution in [3.05, 3.63) is 0 Å². The minimum Gasteiger partial charge on any atom is -0.198 e. The van der Waals surface area contributed by atoms with Crippen LogP contribution in [0, 0.1) is 39.9 Å². The molecule has 0 aliphatic carbocycles. The zero-order chi connectivity index (χ0) is 14.2. The van der Waals surface area contributed by atoms with E-state index in [-0.39, 0.29) is 0 Å². The third kappa shape index (κ3) is 13.7. The quantitative estimate of drug-likeness (QED) is 0.513. The molecular weight excluding hydrogens is 294 g/mol. The molecule has 0 aliphatic heterocycles. The summed E-state index contributed by atoms with van der Waals surface area (Å²) in [5.74, 6) is 6.52. The highest BCUT2D eigenvalue weighted by atomic mass is 32.2. The Hall–Kier alpha value is -0.480. The fourth-order valence-electron chi connectivity index (χ4n) is 1.25. The molecular formula is C13H19N3S3. The van der Waals surface area contributed by atoms with Gasteiger partial charge in [-0.1, -0.05) is 0 Å². The third-order valence-corrected chi connectivity index (χ3v) is 5.73. The van der Waals surface area contributed by atoms with Gasteiger partial charge in [-0.25, -0.2) is 0 Å². The molecule has 104 valence electrons. The van der Waals surface area contributed by atoms with E-state index in [9.17, 15) is 0 Å². The zero-order valence-corrected chi connectivity index (χ0v) is 13.5. The number of nitriles is 3. The molecule has 0 aromatic heterocycles. The van der Waals surface area contributed by atoms with Crippen LogP contribution in [0.15, 0.2) is 0 Å². The van der Waals surface area contributed by atoms with Crippen LogP contribution in [0.25, 0.3) is 0 Å². The van der Waals surface area contributed by atoms with Gasteiger partial charge in [0.2, 0.25) is 0 Å². The minimum absolute atomic E-state index is 0.607. The number of rotatable bonds is 12. The first kappa shape index (κ1) is 18.5. The Balaban J connectivity index is 3.77. The molecule has 0 N–H and O–H groups in total. The lowest BCUT2D eigenvalue weighted by Gasteiger charge is -2.15. The molecule has 0 spiro atoms. The highest BCUT2D eigenvalue weighted by Gasteiger charge is 2.09. The van der Waals surface area contributed by atoms with Gasteiger partial charge < -0.3 is 0 Å². The number of thioether (sulfide) groups is 3. The van der Waals surface area contributed by atoms with Crippen molar-refractivity contribution >= 4 is 35.3 Å². The maximum atomic E-state index is 8.50. The van der Waals surface area contributed by atoms with Gasteiger partial charge in [0.25, 0.3) is 0 Å². The first-order valence-corrected chi connectivity index (χ1v) is 9.65. The van der Waals surface area contributed by atoms with Gasteiger partial charge in [-0.15, -0.1) is 0 Å². The summed E-state index contributed by atoms with van der Waals surface area (Å²) in [6.45, 7) is 0. The lowest BCUT2D eigenvalue weighted by molar-refractivity contribution is 0.777. The van der Waals surface area contributed by atoms with Crippen molar-refractivity contribution in [3.63, 3.8) is 0 Å². The fourth-order valence-corrected chi connectivity index (χ4v) is 4.61. The van der Waals surface area contributed by atoms with Crippen LogP contribution in [-0.4, -0.2) is 34.5 Å². The molecule has 0 bridgehead atoms. The summed E-state index contributed by atoms with van der Waals surface area (Å²) in [6.07, 6.45) is 1.83. The summed E-state index contributed by atoms with van der Waals surface area (Å²) in [4.78, 5) is 0. The fraction of sp³-hybridized carbons (Fsp3) is 0.769. The molecule has 0 amide bonds. The molecule has 0 atom stereocenters. The summed E-state index contributed by atoms with van der Waals surface area (Å²) in [7, 11) is 0. The van der Waals surface area contributed by atoms with Crippen LogP contribution in [0.1, 0.15) is 19.3 Å². The Kier molecular flexibility index (Phi) is 15.2. The SMILES string of the molecule is N#CCCSCC(CSCCC#N)CSCCC#N. The van der Waals surface area contributed by atoms with Gasteiger partial charge in [0.1, 0.15) is 0 Å². The summed E-state index contributed by atoms with van der Waals surface area (Å²) in [5.41, 5.74) is 0. The summed E-state index contributed by atoms with van der Waals surface area (Å²) in [5, 5.41) is 25.5. The standard InChI is InChI=1S/C13H19N3S3/c14-4-1-7-17-10-13(11-18-8-2-5-15)12-19-9-3-6-16/h13H,1-3,7-12H2. The topological polar surface area (TPSA) is 71.4 Å². The number of nitrogens with zero attached hydrogens (tertiary/aromatic N) is 3. The number of hydrogen-bond donors (Lipinski definition) is 0. The first-order chi connectivity index (χ1) is 9.35. The van der Waals surface area contributed by atoms with Crippen LogP contribution in [0.5, 0.6) is 0 Å². The van der Waals surface area contributed by atoms with E-state index in [0.717, 1.165) is 34.5 Å². The van der Waals surface area contributed by atoms with E-state index in [1.54, 1.807) is 0 Å². The van der Waals surface area contributed by atoms with Crippen LogP contribution < -0.4 is 0 Å². The van der Waals surface area contributed by atoms with Crippen molar-refractivity contribution in [2.75, 3.05) is 34.5 Å². The van der Waals surface area contributed by atoms with E-state index in [1.807, 2.05) is 35.3 Å². The summed E-state index contributed by atoms with van der Waals surface area (Å²) < 4.78 is 0. The monoisotopic (exact) mass is 313 g/mol. The molecule has 0 rings (SSSR count). The number of hydrogen-bond acceptors (Lipinski definition) is 6. The molecule has 6 heteroatoms. The molecule has 0 saturated carbocycles. The van der Waals surface area contributed by atoms with Gasteiger partial charge in [-0.2, -0.15) is 51.1 Å². The van der Waals surface area contributed by atoms with E-state index in [2.05, 4.69) is 18.2 Å². The van der Waals surface area contributed by atoms with Gasteiger partial charge in [0.05, 0.1) is 18.2 Å². The highest BCUT2D eigenvalue weighted by molar-refractivity contribution is 8.01. The molecule has 0 unspecified atom stereocenters. The molecule has 0 fully saturated rings. The Labute approximate surface area is 129 Å². The van der Waals surface area contributed by atoms with Crippen molar-refractivity contribution in [2.45, 2.75) is 19.3 Å². The van der Waals surface area contributed by atoms with Gasteiger partial charge in [0.15, 0.2) is 0 Å². The van der Waals surface area contributed by atoms with E-state index in [0.29, 0.717) is 25.2 Å². The predicted molar refractivity (Wildman–Crippen MR) is 86.2 cm³/mol. The molecule has 0 aliphatic rings. The second kappa shape index (κ2) is 15.6. The van der Waals surface area contributed by atoms with Crippen LogP contribution in [0.3, 0.4) is 0 Å². The van der Waals surface area contributed by atoms with E-state index in [1.165, 1.54) is 0 Å². The maximum Gasteiger partial charge on any atom is 0.0630 e. The minimum atomic E-state index is 0.607. The molecule has 0 saturated heterocycles. The molecule has 3 nitrogen and oxygen atoms in total. The van der Waals surface area contributed by atoms with Crippen molar-refractivity contribution in [2.24, 2.45) is 5.92 Å². The Morgan fingerprint density at radius 1 is 0.632 bits per heavy atom. The predicted octanol–water partition coefficient (Wildman–Crippen LogP) is 3.54. The zero-order valence-electron chi connectivity index (χ0n) is 11.0. The van der Waals surface area contributed by atoms with E-state index in [4.69, 9.17) is 15.8 Å². The van der Waals surface area contributed by atoms with Crippen LogP contribution in [0.4, 0.5) is 0 Å². The maximum absolute atomic E-state index is 8.50. The van der Waals surface area contributed by atoms with Crippen molar-refractivity contribution in [1.29, 1.82) is 15.8 Å². The average Bonchev–Trinajstić information content (AvgIpc) is 2.43. The summed E-state index contributed by atoms with van der Waals surface area (Å²) >= 11 is 5.50. The molecule has 0 heterocycles. The van der Waals surface area contributed by atoms with Gasteiger partial charge >= 0.3 is 0 Å². The Bertz CT molecular complexity index is 275. The molecule has 0 aromatic carbocycles. The third-order valence-electron chi connectivity index (χ3n) is 2.14. The Morgan fingerprint density at radius 3 is 1.21 bits per heavy atom. The van der Waals surface area contributed by atoms with E-state index < -0.39 is 0 Å². The van der Waals surface area contributed by atoms with Gasteiger partial charge in [-0.3, -0.25) is 0 Å². The van der Waals surface area contributed by atoms with E-state index >= 15 is 0 Å². The molecule has 0 aromatic rings. The average molecular weight is 314 g/mol. The second-order valence-corrected chi connectivity index (χ2v) is 7.26. The molecule has 19 heavy (non-hydrogen) atoms. The van der Waals surface area contributed by atoms with Crippen molar-refractivity contribution < 1.29 is 0 Å². The molecule has 0 radical (unpaired) electrons. The van der Waals surface area contributed by atoms with Crippen LogP contribution >= 0.6 is 35.3 Å². The normalized spacial score (nSPS) is 9.79. The smallest absolute Gasteiger partial charge is 0.0630 e. The largest absolute Gasteiger partial charge is 0.198 e. The van der Waals surface area contributed by atoms with Crippen molar-refractivity contribution in [3.8, 4) is 18.2 Å². The van der Waals surface area contributed by atoms with Gasteiger partial charge in [0, 0.05) is 36.5 Å². The lowest BCUT2D eigenvalue weighted by atomic mass is 10.3. The Morgan fingerprint density at radius 2 is 0.947 bits per heavy atom. The van der Waals surface area contributed by atoms with Crippen LogP contribution in [-0.2, 0) is 0 Å². The lowest BCUT2D eigenvalue weighted by Crippen LogP contribution is -2.12. The summed E-state index contributed by atoms with van der Waals surface area (Å²) in [6, 6.07) is 6.47. The first-order valence-electron chi connectivity index (χ1n) is 6.19. The second-order valence-electron chi connectivity index (χ2n) is 3.82.